The Balaban J connectivity index is 2.88. The minimum absolute atomic E-state index is 0.189. The van der Waals surface area contributed by atoms with E-state index in [-0.39, 0.29) is 11.4 Å². The first-order valence-electron chi connectivity index (χ1n) is 4.50. The van der Waals surface area contributed by atoms with E-state index in [1.807, 2.05) is 19.9 Å². The summed E-state index contributed by atoms with van der Waals surface area (Å²) in [5.74, 6) is 4.74. The largest absolute Gasteiger partial charge is 0.465 e. The Morgan fingerprint density at radius 3 is 2.80 bits per heavy atom. The summed E-state index contributed by atoms with van der Waals surface area (Å²) in [5, 5.41) is 1.78. The van der Waals surface area contributed by atoms with Crippen molar-refractivity contribution in [1.82, 2.24) is 0 Å². The number of ether oxygens (including phenoxy) is 1. The predicted molar refractivity (Wildman–Crippen MR) is 58.8 cm³/mol. The van der Waals surface area contributed by atoms with Crippen molar-refractivity contribution in [1.29, 1.82) is 0 Å². The molecule has 0 aliphatic heterocycles. The van der Waals surface area contributed by atoms with Crippen molar-refractivity contribution >= 4 is 17.3 Å². The highest BCUT2D eigenvalue weighted by molar-refractivity contribution is 7.10. The molecule has 0 spiro atoms. The monoisotopic (exact) mass is 229 g/mol. The predicted octanol–water partition coefficient (Wildman–Crippen LogP) is 1.70. The Morgan fingerprint density at radius 1 is 1.60 bits per heavy atom. The average molecular weight is 229 g/mol. The minimum atomic E-state index is -0.318. The lowest BCUT2D eigenvalue weighted by Gasteiger charge is -2.20. The molecule has 1 rings (SSSR count). The van der Waals surface area contributed by atoms with Crippen molar-refractivity contribution in [2.45, 2.75) is 19.3 Å². The summed E-state index contributed by atoms with van der Waals surface area (Å²) in [6.07, 6.45) is 0. The van der Waals surface area contributed by atoms with Crippen molar-refractivity contribution in [2.24, 2.45) is 5.90 Å². The first-order chi connectivity index (χ1) is 7.01. The Kier molecular flexibility index (Phi) is 3.84. The zero-order valence-electron chi connectivity index (χ0n) is 9.07. The summed E-state index contributed by atoms with van der Waals surface area (Å²) in [6, 6.07) is 1.82. The SMILES string of the molecule is COC(=O)c1csc(C(C)(C)CON)c1. The Morgan fingerprint density at radius 2 is 2.27 bits per heavy atom. The van der Waals surface area contributed by atoms with Gasteiger partial charge in [0.1, 0.15) is 0 Å². The van der Waals surface area contributed by atoms with E-state index in [4.69, 9.17) is 5.90 Å². The molecule has 1 aromatic rings. The fraction of sp³-hybridized carbons (Fsp3) is 0.500. The molecule has 0 atom stereocenters. The van der Waals surface area contributed by atoms with Crippen molar-refractivity contribution < 1.29 is 14.4 Å². The molecule has 0 aliphatic carbocycles. The molecule has 0 amide bonds. The number of hydrogen-bond acceptors (Lipinski definition) is 5. The van der Waals surface area contributed by atoms with E-state index >= 15 is 0 Å². The van der Waals surface area contributed by atoms with Gasteiger partial charge in [-0.15, -0.1) is 11.3 Å². The van der Waals surface area contributed by atoms with Crippen LogP contribution in [0.5, 0.6) is 0 Å². The standard InChI is InChI=1S/C10H15NO3S/c1-10(2,6-14-11)8-4-7(5-15-8)9(12)13-3/h4-5H,6,11H2,1-3H3. The molecule has 0 fully saturated rings. The first-order valence-corrected chi connectivity index (χ1v) is 5.38. The molecule has 4 nitrogen and oxygen atoms in total. The summed E-state index contributed by atoms with van der Waals surface area (Å²) in [7, 11) is 1.37. The van der Waals surface area contributed by atoms with Crippen LogP contribution in [-0.2, 0) is 15.0 Å². The third kappa shape index (κ3) is 2.77. The molecule has 2 N–H and O–H groups in total. The van der Waals surface area contributed by atoms with Gasteiger partial charge in [0.15, 0.2) is 0 Å². The molecule has 0 aromatic carbocycles. The number of thiophene rings is 1. The lowest BCUT2D eigenvalue weighted by molar-refractivity contribution is 0.0601. The number of methoxy groups -OCH3 is 1. The molecule has 5 heteroatoms. The average Bonchev–Trinajstić information content (AvgIpc) is 2.66. The van der Waals surface area contributed by atoms with E-state index in [1.54, 1.807) is 5.38 Å². The smallest absolute Gasteiger partial charge is 0.338 e. The van der Waals surface area contributed by atoms with Gasteiger partial charge < -0.3 is 9.57 Å². The molecule has 0 saturated carbocycles. The van der Waals surface area contributed by atoms with Gasteiger partial charge in [0.05, 0.1) is 19.3 Å². The molecule has 0 aliphatic rings. The van der Waals surface area contributed by atoms with E-state index in [2.05, 4.69) is 9.57 Å². The van der Waals surface area contributed by atoms with E-state index in [1.165, 1.54) is 18.4 Å². The molecule has 0 unspecified atom stereocenters. The summed E-state index contributed by atoms with van der Waals surface area (Å²) >= 11 is 1.50. The highest BCUT2D eigenvalue weighted by Crippen LogP contribution is 2.29. The number of carbonyl (C=O) groups is 1. The number of nitrogens with two attached hydrogens (primary N) is 1. The fourth-order valence-corrected chi connectivity index (χ4v) is 2.19. The number of hydrogen-bond donors (Lipinski definition) is 1. The lowest BCUT2D eigenvalue weighted by atomic mass is 9.92. The van der Waals surface area contributed by atoms with E-state index in [0.29, 0.717) is 12.2 Å². The second-order valence-corrected chi connectivity index (χ2v) is 4.80. The van der Waals surface area contributed by atoms with Crippen LogP contribution in [0, 0.1) is 0 Å². The van der Waals surface area contributed by atoms with Gasteiger partial charge in [-0.3, -0.25) is 0 Å². The van der Waals surface area contributed by atoms with E-state index < -0.39 is 0 Å². The van der Waals surface area contributed by atoms with Crippen LogP contribution in [-0.4, -0.2) is 19.7 Å². The van der Waals surface area contributed by atoms with E-state index in [0.717, 1.165) is 4.88 Å². The zero-order valence-corrected chi connectivity index (χ0v) is 9.89. The van der Waals surface area contributed by atoms with Gasteiger partial charge in [0, 0.05) is 15.7 Å². The Hall–Kier alpha value is -0.910. The van der Waals surface area contributed by atoms with Crippen LogP contribution in [0.3, 0.4) is 0 Å². The second-order valence-electron chi connectivity index (χ2n) is 3.89. The van der Waals surface area contributed by atoms with Crippen molar-refractivity contribution in [2.75, 3.05) is 13.7 Å². The fourth-order valence-electron chi connectivity index (χ4n) is 1.20. The third-order valence-electron chi connectivity index (χ3n) is 2.13. The van der Waals surface area contributed by atoms with Crippen LogP contribution in [0.4, 0.5) is 0 Å². The van der Waals surface area contributed by atoms with Gasteiger partial charge in [0.2, 0.25) is 0 Å². The van der Waals surface area contributed by atoms with E-state index in [9.17, 15) is 4.79 Å². The maximum Gasteiger partial charge on any atom is 0.338 e. The van der Waals surface area contributed by atoms with Crippen LogP contribution in [0.1, 0.15) is 29.1 Å². The van der Waals surface area contributed by atoms with Crippen LogP contribution < -0.4 is 5.90 Å². The van der Waals surface area contributed by atoms with Crippen LogP contribution in [0.15, 0.2) is 11.4 Å². The number of carbonyl (C=O) groups excluding carboxylic acids is 1. The third-order valence-corrected chi connectivity index (χ3v) is 3.43. The summed E-state index contributed by atoms with van der Waals surface area (Å²) in [6.45, 7) is 4.42. The molecule has 1 heterocycles. The topological polar surface area (TPSA) is 61.5 Å². The molecule has 1 aromatic heterocycles. The molecular formula is C10H15NO3S. The number of rotatable bonds is 4. The summed E-state index contributed by atoms with van der Waals surface area (Å²) < 4.78 is 4.63. The molecule has 0 bridgehead atoms. The number of esters is 1. The van der Waals surface area contributed by atoms with Gasteiger partial charge in [-0.1, -0.05) is 13.8 Å². The Bertz CT molecular complexity index is 346. The molecule has 15 heavy (non-hydrogen) atoms. The Labute approximate surface area is 92.9 Å². The minimum Gasteiger partial charge on any atom is -0.465 e. The quantitative estimate of drug-likeness (QED) is 0.630. The van der Waals surface area contributed by atoms with Crippen molar-refractivity contribution in [3.8, 4) is 0 Å². The molecular weight excluding hydrogens is 214 g/mol. The van der Waals surface area contributed by atoms with Gasteiger partial charge in [0.25, 0.3) is 0 Å². The molecule has 0 saturated heterocycles. The second kappa shape index (κ2) is 4.74. The van der Waals surface area contributed by atoms with Gasteiger partial charge in [-0.05, 0) is 6.07 Å². The van der Waals surface area contributed by atoms with Crippen LogP contribution in [0.25, 0.3) is 0 Å². The van der Waals surface area contributed by atoms with Crippen LogP contribution >= 0.6 is 11.3 Å². The highest BCUT2D eigenvalue weighted by Gasteiger charge is 2.24. The highest BCUT2D eigenvalue weighted by atomic mass is 32.1. The molecule has 0 radical (unpaired) electrons. The van der Waals surface area contributed by atoms with Gasteiger partial charge >= 0.3 is 5.97 Å². The first kappa shape index (κ1) is 12.2. The van der Waals surface area contributed by atoms with Crippen molar-refractivity contribution in [3.63, 3.8) is 0 Å². The summed E-state index contributed by atoms with van der Waals surface area (Å²) in [5.41, 5.74) is 0.383. The lowest BCUT2D eigenvalue weighted by Crippen LogP contribution is -2.25. The summed E-state index contributed by atoms with van der Waals surface area (Å²) in [4.78, 5) is 16.9. The maximum atomic E-state index is 11.2. The normalized spacial score (nSPS) is 11.5. The zero-order chi connectivity index (χ0) is 11.5. The van der Waals surface area contributed by atoms with Crippen molar-refractivity contribution in [3.05, 3.63) is 21.9 Å². The van der Waals surface area contributed by atoms with Gasteiger partial charge in [-0.2, -0.15) is 0 Å². The van der Waals surface area contributed by atoms with Gasteiger partial charge in [-0.25, -0.2) is 10.7 Å². The maximum absolute atomic E-state index is 11.2. The molecule has 84 valence electrons. The van der Waals surface area contributed by atoms with Crippen LogP contribution in [0.2, 0.25) is 0 Å².